The van der Waals surface area contributed by atoms with Gasteiger partial charge >= 0.3 is 7.48 Å². The Morgan fingerprint density at radius 2 is 2.17 bits per heavy atom. The first-order chi connectivity index (χ1) is 5.65. The van der Waals surface area contributed by atoms with Crippen LogP contribution in [0.5, 0.6) is 0 Å². The van der Waals surface area contributed by atoms with E-state index in [1.807, 2.05) is 0 Å². The van der Waals surface area contributed by atoms with Crippen LogP contribution in [-0.2, 0) is 0 Å². The number of aliphatic hydroxyl groups excluding tert-OH is 1. The van der Waals surface area contributed by atoms with Gasteiger partial charge in [-0.1, -0.05) is 6.07 Å². The van der Waals surface area contributed by atoms with Crippen LogP contribution in [0.1, 0.15) is 18.6 Å². The highest BCUT2D eigenvalue weighted by molar-refractivity contribution is 6.46. The Kier molecular flexibility index (Phi) is 2.84. The maximum Gasteiger partial charge on any atom is 0.327 e. The number of halogens is 1. The number of rotatable bonds is 2. The van der Waals surface area contributed by atoms with Gasteiger partial charge in [-0.05, 0) is 30.1 Å². The Hall–Kier alpha value is -0.865. The first-order valence-electron chi connectivity index (χ1n) is 3.60. The predicted octanol–water partition coefficient (Wildman–Crippen LogP) is 0.116. The molecule has 2 N–H and O–H groups in total. The van der Waals surface area contributed by atoms with E-state index in [0.29, 0.717) is 11.0 Å². The summed E-state index contributed by atoms with van der Waals surface area (Å²) in [5.74, 6) is -0.420. The van der Waals surface area contributed by atoms with Gasteiger partial charge in [-0.2, -0.15) is 0 Å². The molecule has 0 bridgehead atoms. The molecule has 0 aliphatic rings. The highest BCUT2D eigenvalue weighted by Crippen LogP contribution is 2.10. The van der Waals surface area contributed by atoms with Gasteiger partial charge in [0.1, 0.15) is 5.82 Å². The van der Waals surface area contributed by atoms with Gasteiger partial charge < -0.3 is 10.1 Å². The molecule has 0 saturated carbocycles. The van der Waals surface area contributed by atoms with Gasteiger partial charge in [-0.25, -0.2) is 4.39 Å². The van der Waals surface area contributed by atoms with Gasteiger partial charge in [0, 0.05) is 0 Å². The molecule has 4 heteroatoms. The summed E-state index contributed by atoms with van der Waals surface area (Å²) in [5.41, 5.74) is 0.823. The SMILES string of the molecule is C[C@@H](O)c1cc(F)ccc1[B]O. The zero-order valence-electron chi connectivity index (χ0n) is 6.66. The van der Waals surface area contributed by atoms with Gasteiger partial charge in [0.05, 0.1) is 6.10 Å². The van der Waals surface area contributed by atoms with Crippen molar-refractivity contribution in [1.82, 2.24) is 0 Å². The topological polar surface area (TPSA) is 40.5 Å². The van der Waals surface area contributed by atoms with E-state index in [-0.39, 0.29) is 0 Å². The minimum atomic E-state index is -0.779. The molecule has 1 atom stereocenters. The fourth-order valence-corrected chi connectivity index (χ4v) is 1.02. The Morgan fingerprint density at radius 3 is 2.67 bits per heavy atom. The Morgan fingerprint density at radius 1 is 1.50 bits per heavy atom. The highest BCUT2D eigenvalue weighted by atomic mass is 19.1. The van der Waals surface area contributed by atoms with Crippen molar-refractivity contribution in [1.29, 1.82) is 0 Å². The summed E-state index contributed by atoms with van der Waals surface area (Å²) < 4.78 is 12.6. The van der Waals surface area contributed by atoms with E-state index >= 15 is 0 Å². The lowest BCUT2D eigenvalue weighted by molar-refractivity contribution is 0.200. The molecule has 12 heavy (non-hydrogen) atoms. The normalized spacial score (nSPS) is 12.7. The van der Waals surface area contributed by atoms with Crippen LogP contribution in [0.15, 0.2) is 18.2 Å². The average Bonchev–Trinajstić information content (AvgIpc) is 2.04. The third-order valence-corrected chi connectivity index (χ3v) is 1.64. The second kappa shape index (κ2) is 3.69. The largest absolute Gasteiger partial charge is 0.450 e. The summed E-state index contributed by atoms with van der Waals surface area (Å²) in [6.45, 7) is 1.52. The van der Waals surface area contributed by atoms with Crippen molar-refractivity contribution in [3.05, 3.63) is 29.6 Å². The van der Waals surface area contributed by atoms with Gasteiger partial charge in [-0.3, -0.25) is 0 Å². The van der Waals surface area contributed by atoms with Gasteiger partial charge in [0.2, 0.25) is 0 Å². The number of hydrogen-bond acceptors (Lipinski definition) is 2. The second-order valence-electron chi connectivity index (χ2n) is 2.58. The van der Waals surface area contributed by atoms with Crippen molar-refractivity contribution in [3.8, 4) is 0 Å². The molecule has 0 fully saturated rings. The Bertz CT molecular complexity index is 276. The van der Waals surface area contributed by atoms with Crippen molar-refractivity contribution >= 4 is 12.9 Å². The monoisotopic (exact) mass is 167 g/mol. The summed E-state index contributed by atoms with van der Waals surface area (Å²) in [5, 5.41) is 17.9. The average molecular weight is 167 g/mol. The molecule has 1 aromatic carbocycles. The molecule has 1 rings (SSSR count). The first kappa shape index (κ1) is 9.22. The van der Waals surface area contributed by atoms with E-state index in [2.05, 4.69) is 0 Å². The molecule has 1 radical (unpaired) electrons. The quantitative estimate of drug-likeness (QED) is 0.614. The van der Waals surface area contributed by atoms with Gasteiger partial charge in [-0.15, -0.1) is 0 Å². The summed E-state index contributed by atoms with van der Waals surface area (Å²) in [6, 6.07) is 3.85. The number of hydrogen-bond donors (Lipinski definition) is 2. The molecule has 0 aliphatic carbocycles. The molecule has 0 heterocycles. The lowest BCUT2D eigenvalue weighted by Crippen LogP contribution is -2.20. The third-order valence-electron chi connectivity index (χ3n) is 1.64. The van der Waals surface area contributed by atoms with Gasteiger partial charge in [0.25, 0.3) is 0 Å². The molecule has 0 saturated heterocycles. The fourth-order valence-electron chi connectivity index (χ4n) is 1.02. The van der Waals surface area contributed by atoms with E-state index in [0.717, 1.165) is 7.48 Å². The molecular weight excluding hydrogens is 158 g/mol. The van der Waals surface area contributed by atoms with E-state index in [1.54, 1.807) is 0 Å². The Balaban J connectivity index is 3.12. The summed E-state index contributed by atoms with van der Waals surface area (Å²) in [4.78, 5) is 0. The first-order valence-corrected chi connectivity index (χ1v) is 3.60. The summed E-state index contributed by atoms with van der Waals surface area (Å²) in [7, 11) is 0.849. The van der Waals surface area contributed by atoms with Crippen LogP contribution in [-0.4, -0.2) is 17.6 Å². The molecular formula is C8H9BFO2. The van der Waals surface area contributed by atoms with Crippen LogP contribution < -0.4 is 5.46 Å². The lowest BCUT2D eigenvalue weighted by Gasteiger charge is -2.08. The zero-order chi connectivity index (χ0) is 9.14. The molecule has 63 valence electrons. The van der Waals surface area contributed by atoms with Crippen molar-refractivity contribution in [2.24, 2.45) is 0 Å². The third kappa shape index (κ3) is 1.84. The summed E-state index contributed by atoms with van der Waals surface area (Å²) in [6.07, 6.45) is -0.779. The maximum atomic E-state index is 12.6. The van der Waals surface area contributed by atoms with Crippen LogP contribution in [0, 0.1) is 5.82 Å². The van der Waals surface area contributed by atoms with E-state index in [9.17, 15) is 4.39 Å². The highest BCUT2D eigenvalue weighted by Gasteiger charge is 2.08. The van der Waals surface area contributed by atoms with Crippen LogP contribution in [0.25, 0.3) is 0 Å². The zero-order valence-corrected chi connectivity index (χ0v) is 6.66. The molecule has 0 unspecified atom stereocenters. The predicted molar refractivity (Wildman–Crippen MR) is 44.6 cm³/mol. The van der Waals surface area contributed by atoms with Crippen LogP contribution in [0.3, 0.4) is 0 Å². The standard InChI is InChI=1S/C8H9BFO2/c1-5(11)7-4-6(10)2-3-8(7)9-12/h2-5,11-12H,1H3/t5-/m1/s1. The molecule has 2 nitrogen and oxygen atoms in total. The molecule has 0 spiro atoms. The lowest BCUT2D eigenvalue weighted by atomic mass is 9.83. The van der Waals surface area contributed by atoms with Crippen molar-refractivity contribution in [3.63, 3.8) is 0 Å². The van der Waals surface area contributed by atoms with E-state index < -0.39 is 11.9 Å². The van der Waals surface area contributed by atoms with Crippen molar-refractivity contribution in [2.45, 2.75) is 13.0 Å². The minimum absolute atomic E-state index is 0.387. The summed E-state index contributed by atoms with van der Waals surface area (Å²) >= 11 is 0. The van der Waals surface area contributed by atoms with Crippen molar-refractivity contribution < 1.29 is 14.5 Å². The molecule has 1 aromatic rings. The molecule has 0 amide bonds. The maximum absolute atomic E-state index is 12.6. The number of aliphatic hydroxyl groups is 1. The van der Waals surface area contributed by atoms with Crippen LogP contribution in [0.2, 0.25) is 0 Å². The van der Waals surface area contributed by atoms with E-state index in [4.69, 9.17) is 10.1 Å². The van der Waals surface area contributed by atoms with Crippen molar-refractivity contribution in [2.75, 3.05) is 0 Å². The van der Waals surface area contributed by atoms with Crippen LogP contribution >= 0.6 is 0 Å². The minimum Gasteiger partial charge on any atom is -0.450 e. The van der Waals surface area contributed by atoms with Gasteiger partial charge in [0.15, 0.2) is 0 Å². The second-order valence-corrected chi connectivity index (χ2v) is 2.58. The Labute approximate surface area is 70.9 Å². The smallest absolute Gasteiger partial charge is 0.327 e. The van der Waals surface area contributed by atoms with Crippen LogP contribution in [0.4, 0.5) is 4.39 Å². The molecule has 0 aliphatic heterocycles. The fraction of sp³-hybridized carbons (Fsp3) is 0.250. The molecule has 0 aromatic heterocycles. The van der Waals surface area contributed by atoms with E-state index in [1.165, 1.54) is 25.1 Å². The number of benzene rings is 1.